The number of methoxy groups -OCH3 is 1. The Kier molecular flexibility index (Phi) is 4.57. The van der Waals surface area contributed by atoms with Crippen LogP contribution in [0.25, 0.3) is 0 Å². The van der Waals surface area contributed by atoms with Crippen molar-refractivity contribution in [2.24, 2.45) is 0 Å². The van der Waals surface area contributed by atoms with E-state index in [-0.39, 0.29) is 24.4 Å². The highest BCUT2D eigenvalue weighted by Gasteiger charge is 2.26. The van der Waals surface area contributed by atoms with Crippen LogP contribution in [0.4, 0.5) is 5.69 Å². The summed E-state index contributed by atoms with van der Waals surface area (Å²) in [5.41, 5.74) is 0.607. The number of para-hydroxylation sites is 2. The van der Waals surface area contributed by atoms with E-state index < -0.39 is 0 Å². The fraction of sp³-hybridized carbons (Fsp3) is 0.429. The molecule has 1 atom stereocenters. The van der Waals surface area contributed by atoms with Crippen LogP contribution in [0, 0.1) is 0 Å². The third kappa shape index (κ3) is 3.27. The second kappa shape index (κ2) is 6.38. The van der Waals surface area contributed by atoms with Gasteiger partial charge >= 0.3 is 0 Å². The van der Waals surface area contributed by atoms with E-state index in [1.807, 2.05) is 12.1 Å². The molecule has 20 heavy (non-hydrogen) atoms. The number of carbonyl (C=O) groups excluding carboxylic acids is 2. The maximum atomic E-state index is 12.0. The summed E-state index contributed by atoms with van der Waals surface area (Å²) in [5.74, 6) is 0.323. The van der Waals surface area contributed by atoms with Crippen LogP contribution in [0.5, 0.6) is 5.75 Å². The lowest BCUT2D eigenvalue weighted by molar-refractivity contribution is -0.138. The van der Waals surface area contributed by atoms with Crippen LogP contribution in [0.1, 0.15) is 6.92 Å². The van der Waals surface area contributed by atoms with Gasteiger partial charge in [0.25, 0.3) is 0 Å². The summed E-state index contributed by atoms with van der Waals surface area (Å²) >= 11 is 0. The monoisotopic (exact) mass is 277 g/mol. The lowest BCUT2D eigenvalue weighted by Crippen LogP contribution is -2.55. The molecule has 6 nitrogen and oxygen atoms in total. The van der Waals surface area contributed by atoms with Crippen LogP contribution < -0.4 is 15.4 Å². The zero-order valence-electron chi connectivity index (χ0n) is 11.7. The van der Waals surface area contributed by atoms with Crippen LogP contribution >= 0.6 is 0 Å². The number of piperazine rings is 1. The minimum absolute atomic E-state index is 0.0496. The van der Waals surface area contributed by atoms with E-state index >= 15 is 0 Å². The molecule has 2 N–H and O–H groups in total. The molecule has 1 unspecified atom stereocenters. The molecule has 2 rings (SSSR count). The fourth-order valence-corrected chi connectivity index (χ4v) is 2.16. The van der Waals surface area contributed by atoms with Gasteiger partial charge < -0.3 is 20.3 Å². The van der Waals surface area contributed by atoms with E-state index in [1.165, 1.54) is 0 Å². The van der Waals surface area contributed by atoms with Gasteiger partial charge in [-0.3, -0.25) is 9.59 Å². The van der Waals surface area contributed by atoms with Crippen LogP contribution in [-0.2, 0) is 9.59 Å². The minimum atomic E-state index is -0.234. The normalized spacial score (nSPS) is 18.8. The van der Waals surface area contributed by atoms with Crippen molar-refractivity contribution in [1.82, 2.24) is 10.2 Å². The Morgan fingerprint density at radius 1 is 1.50 bits per heavy atom. The highest BCUT2D eigenvalue weighted by Crippen LogP contribution is 2.22. The SMILES string of the molecule is COc1ccccc1NC(=O)CN1CCNC(C)C1=O. The number of carbonyl (C=O) groups is 2. The number of nitrogens with zero attached hydrogens (tertiary/aromatic N) is 1. The lowest BCUT2D eigenvalue weighted by atomic mass is 10.2. The van der Waals surface area contributed by atoms with Gasteiger partial charge in [-0.2, -0.15) is 0 Å². The Morgan fingerprint density at radius 2 is 2.25 bits per heavy atom. The van der Waals surface area contributed by atoms with Gasteiger partial charge in [0.15, 0.2) is 0 Å². The van der Waals surface area contributed by atoms with Gasteiger partial charge in [0.2, 0.25) is 11.8 Å². The van der Waals surface area contributed by atoms with Crippen molar-refractivity contribution in [2.75, 3.05) is 32.1 Å². The third-order valence-corrected chi connectivity index (χ3v) is 3.23. The van der Waals surface area contributed by atoms with Gasteiger partial charge in [0.1, 0.15) is 5.75 Å². The van der Waals surface area contributed by atoms with E-state index in [0.29, 0.717) is 24.5 Å². The maximum Gasteiger partial charge on any atom is 0.244 e. The standard InChI is InChI=1S/C14H19N3O3/c1-10-14(19)17(8-7-15-10)9-13(18)16-11-5-3-4-6-12(11)20-2/h3-6,10,15H,7-9H2,1-2H3,(H,16,18). The number of ether oxygens (including phenoxy) is 1. The highest BCUT2D eigenvalue weighted by molar-refractivity contribution is 5.96. The number of anilines is 1. The quantitative estimate of drug-likeness (QED) is 0.838. The summed E-state index contributed by atoms with van der Waals surface area (Å²) in [7, 11) is 1.55. The maximum absolute atomic E-state index is 12.0. The summed E-state index contributed by atoms with van der Waals surface area (Å²) in [6, 6.07) is 6.95. The molecule has 0 bridgehead atoms. The molecule has 0 radical (unpaired) electrons. The second-order valence-corrected chi connectivity index (χ2v) is 4.68. The molecule has 108 valence electrons. The molecule has 0 spiro atoms. The molecule has 1 aromatic rings. The largest absolute Gasteiger partial charge is 0.495 e. The molecule has 0 saturated carbocycles. The van der Waals surface area contributed by atoms with Crippen molar-refractivity contribution >= 4 is 17.5 Å². The Bertz CT molecular complexity index is 504. The molecule has 0 aliphatic carbocycles. The van der Waals surface area contributed by atoms with E-state index in [4.69, 9.17) is 4.74 Å². The van der Waals surface area contributed by atoms with E-state index in [2.05, 4.69) is 10.6 Å². The molecule has 2 amide bonds. The summed E-state index contributed by atoms with van der Waals surface area (Å²) in [4.78, 5) is 25.5. The zero-order valence-corrected chi connectivity index (χ0v) is 11.7. The van der Waals surface area contributed by atoms with Gasteiger partial charge in [0.05, 0.1) is 25.4 Å². The van der Waals surface area contributed by atoms with Crippen molar-refractivity contribution in [3.05, 3.63) is 24.3 Å². The predicted molar refractivity (Wildman–Crippen MR) is 75.7 cm³/mol. The first kappa shape index (κ1) is 14.3. The molecule has 6 heteroatoms. The van der Waals surface area contributed by atoms with Gasteiger partial charge in [-0.1, -0.05) is 12.1 Å². The number of hydrogen-bond donors (Lipinski definition) is 2. The van der Waals surface area contributed by atoms with Gasteiger partial charge in [0, 0.05) is 13.1 Å². The zero-order chi connectivity index (χ0) is 14.5. The number of nitrogens with one attached hydrogen (secondary N) is 2. The van der Waals surface area contributed by atoms with Crippen molar-refractivity contribution in [2.45, 2.75) is 13.0 Å². The molecule has 1 aliphatic heterocycles. The average Bonchev–Trinajstić information content (AvgIpc) is 2.44. The Hall–Kier alpha value is -2.08. The Labute approximate surface area is 118 Å². The van der Waals surface area contributed by atoms with Crippen LogP contribution in [0.15, 0.2) is 24.3 Å². The van der Waals surface area contributed by atoms with Crippen molar-refractivity contribution in [3.63, 3.8) is 0 Å². The van der Waals surface area contributed by atoms with Gasteiger partial charge in [-0.15, -0.1) is 0 Å². The molecular weight excluding hydrogens is 258 g/mol. The predicted octanol–water partition coefficient (Wildman–Crippen LogP) is 0.454. The molecule has 1 aliphatic rings. The number of rotatable bonds is 4. The molecule has 1 aromatic carbocycles. The highest BCUT2D eigenvalue weighted by atomic mass is 16.5. The molecule has 1 saturated heterocycles. The average molecular weight is 277 g/mol. The molecule has 0 aromatic heterocycles. The fourth-order valence-electron chi connectivity index (χ4n) is 2.16. The van der Waals surface area contributed by atoms with Gasteiger partial charge in [-0.25, -0.2) is 0 Å². The van der Waals surface area contributed by atoms with E-state index in [1.54, 1.807) is 31.1 Å². The van der Waals surface area contributed by atoms with Gasteiger partial charge in [-0.05, 0) is 19.1 Å². The van der Waals surface area contributed by atoms with E-state index in [9.17, 15) is 9.59 Å². The number of amides is 2. The summed E-state index contributed by atoms with van der Waals surface area (Å²) in [5, 5.41) is 5.83. The van der Waals surface area contributed by atoms with Crippen LogP contribution in [-0.4, -0.2) is 49.5 Å². The molecular formula is C14H19N3O3. The lowest BCUT2D eigenvalue weighted by Gasteiger charge is -2.30. The van der Waals surface area contributed by atoms with E-state index in [0.717, 1.165) is 0 Å². The molecule has 1 fully saturated rings. The van der Waals surface area contributed by atoms with Crippen LogP contribution in [0.2, 0.25) is 0 Å². The van der Waals surface area contributed by atoms with Crippen LogP contribution in [0.3, 0.4) is 0 Å². The number of hydrogen-bond acceptors (Lipinski definition) is 4. The Balaban J connectivity index is 1.97. The summed E-state index contributed by atoms with van der Waals surface area (Å²) in [6.07, 6.45) is 0. The summed E-state index contributed by atoms with van der Waals surface area (Å²) in [6.45, 7) is 3.10. The van der Waals surface area contributed by atoms with Crippen molar-refractivity contribution in [1.29, 1.82) is 0 Å². The first-order valence-electron chi connectivity index (χ1n) is 6.57. The smallest absolute Gasteiger partial charge is 0.244 e. The van der Waals surface area contributed by atoms with Crippen molar-refractivity contribution < 1.29 is 14.3 Å². The first-order chi connectivity index (χ1) is 9.61. The Morgan fingerprint density at radius 3 is 3.00 bits per heavy atom. The van der Waals surface area contributed by atoms with Crippen molar-refractivity contribution in [3.8, 4) is 5.75 Å². The second-order valence-electron chi connectivity index (χ2n) is 4.68. The minimum Gasteiger partial charge on any atom is -0.495 e. The third-order valence-electron chi connectivity index (χ3n) is 3.23. The topological polar surface area (TPSA) is 70.7 Å². The molecule has 1 heterocycles. The number of benzene rings is 1. The first-order valence-corrected chi connectivity index (χ1v) is 6.57. The summed E-state index contributed by atoms with van der Waals surface area (Å²) < 4.78 is 5.17.